The molecule has 0 aromatic heterocycles. The zero-order valence-corrected chi connectivity index (χ0v) is 77.8. The van der Waals surface area contributed by atoms with Gasteiger partial charge >= 0.3 is 61.5 Å². The number of likely N-dealkylation sites (tertiary alicyclic amines) is 4. The first-order valence-electron chi connectivity index (χ1n) is 46.0. The van der Waals surface area contributed by atoms with Crippen LogP contribution in [0.25, 0.3) is 0 Å². The van der Waals surface area contributed by atoms with Crippen LogP contribution < -0.4 is 11.1 Å². The van der Waals surface area contributed by atoms with Crippen LogP contribution in [0.3, 0.4) is 0 Å². The number of benzene rings is 8. The van der Waals surface area contributed by atoms with Gasteiger partial charge < -0.3 is 68.5 Å². The van der Waals surface area contributed by atoms with Crippen molar-refractivity contribution < 1.29 is 171 Å². The summed E-state index contributed by atoms with van der Waals surface area (Å²) in [5.74, 6) is -3.28. The van der Waals surface area contributed by atoms with Crippen LogP contribution in [-0.4, -0.2) is 155 Å². The Labute approximate surface area is 813 Å². The van der Waals surface area contributed by atoms with Gasteiger partial charge in [0, 0.05) is 119 Å². The molecule has 145 heavy (non-hydrogen) atoms. The molecule has 0 bridgehead atoms. The van der Waals surface area contributed by atoms with E-state index in [1.165, 1.54) is 100 Å². The second-order valence-electron chi connectivity index (χ2n) is 37.6. The van der Waals surface area contributed by atoms with E-state index in [0.29, 0.717) is 125 Å². The molecule has 44 heteroatoms. The zero-order chi connectivity index (χ0) is 106. The lowest BCUT2D eigenvalue weighted by Crippen LogP contribution is -2.42. The number of nitrogens with one attached hydrogen (secondary N) is 1. The number of alkyl halides is 24. The SMILES string of the molecule is CNC(=O)N1C[C@H]2CO[C@H](O[C@H](C)c3cc(C(F)(F)F)cc(C(F)(F)F)c3)[C@@H](c3ccc(F)cc3)[C@@H]2C1.C[C@@H](O[C@H]1OC[C@@H]2CN(C(N)=O)C[C@H]2[C@@H]1c1ccc(F)cc1)c1cc(C(F)(F)F)cc(C(F)(F)F)c1.C[C@@H](O[C@H]1OC[C@@H]2CN(C)C[C@H]2[C@@H]1c1ccc(F)cc1)c1cc(C(F)(F)F)cc(C(F)(F)F)c1.C[C@@H](O[C@H]1OC[C@@H]2CN(C3=CC(=O)CC3)C[C@H]2[C@@H]1c1ccccc1)c1cc(C(F)(F)F)cc(C(F)(F)F)c1. The van der Waals surface area contributed by atoms with Crippen LogP contribution >= 0.6 is 0 Å². The lowest BCUT2D eigenvalue weighted by Gasteiger charge is -2.40. The van der Waals surface area contributed by atoms with E-state index in [1.54, 1.807) is 23.1 Å². The topological polar surface area (TPSA) is 176 Å². The molecular weight excluding hydrogens is 1990 g/mol. The molecule has 8 saturated heterocycles. The van der Waals surface area contributed by atoms with Crippen LogP contribution in [0.1, 0.15) is 178 Å². The molecule has 8 aromatic carbocycles. The summed E-state index contributed by atoms with van der Waals surface area (Å²) in [4.78, 5) is 43.1. The molecule has 8 aliphatic heterocycles. The molecule has 17 nitrogen and oxygen atoms in total. The first-order chi connectivity index (χ1) is 67.7. The summed E-state index contributed by atoms with van der Waals surface area (Å²) in [5.41, 5.74) is -3.18. The van der Waals surface area contributed by atoms with Crippen molar-refractivity contribution in [2.75, 3.05) is 92.9 Å². The highest BCUT2D eigenvalue weighted by Crippen LogP contribution is 2.54. The van der Waals surface area contributed by atoms with Gasteiger partial charge in [-0.05, 0) is 224 Å². The Bertz CT molecular complexity index is 5720. The number of urea groups is 2. The molecule has 20 atom stereocenters. The highest BCUT2D eigenvalue weighted by atomic mass is 19.4. The largest absolute Gasteiger partial charge is 0.416 e. The maximum atomic E-state index is 13.6. The van der Waals surface area contributed by atoms with E-state index < -0.39 is 179 Å². The van der Waals surface area contributed by atoms with Gasteiger partial charge in [0.25, 0.3) is 0 Å². The number of fused-ring (bicyclic) bond motifs is 4. The average Bonchev–Trinajstić information content (AvgIpc) is 1.66. The van der Waals surface area contributed by atoms with Crippen molar-refractivity contribution in [2.45, 2.75) is 163 Å². The Morgan fingerprint density at radius 1 is 0.345 bits per heavy atom. The Morgan fingerprint density at radius 2 is 0.607 bits per heavy atom. The quantitative estimate of drug-likeness (QED) is 0.0825. The van der Waals surface area contributed by atoms with Gasteiger partial charge in [0.05, 0.1) is 95.4 Å². The van der Waals surface area contributed by atoms with Crippen LogP contribution in [0.5, 0.6) is 0 Å². The smallest absolute Gasteiger partial charge is 0.374 e. The molecule has 8 heterocycles. The second kappa shape index (κ2) is 43.6. The van der Waals surface area contributed by atoms with E-state index in [2.05, 4.69) is 15.1 Å². The number of allylic oxidation sites excluding steroid dienone is 2. The Morgan fingerprint density at radius 3 is 0.883 bits per heavy atom. The number of halogens is 27. The molecule has 9 aliphatic rings. The van der Waals surface area contributed by atoms with Gasteiger partial charge in [0.2, 0.25) is 0 Å². The number of nitrogens with two attached hydrogens (primary N) is 1. The fourth-order valence-electron chi connectivity index (χ4n) is 20.6. The fraction of sp³-hybridized carbons (Fsp3) is 0.475. The summed E-state index contributed by atoms with van der Waals surface area (Å²) in [6, 6.07) is 30.9. The lowest BCUT2D eigenvalue weighted by molar-refractivity contribution is -0.217. The second-order valence-corrected chi connectivity index (χ2v) is 37.6. The molecule has 788 valence electrons. The first kappa shape index (κ1) is 110. The molecule has 0 radical (unpaired) electrons. The number of ether oxygens (including phenoxy) is 8. The third-order valence-corrected chi connectivity index (χ3v) is 27.9. The van der Waals surface area contributed by atoms with Crippen LogP contribution in [0.2, 0.25) is 0 Å². The molecular formula is C101H99F27N6O11. The van der Waals surface area contributed by atoms with Gasteiger partial charge in [0.15, 0.2) is 30.9 Å². The number of carbonyl (C=O) groups excluding carboxylic acids is 3. The van der Waals surface area contributed by atoms with Crippen LogP contribution in [0.4, 0.5) is 128 Å². The van der Waals surface area contributed by atoms with Crippen LogP contribution in [0, 0.1) is 64.8 Å². The van der Waals surface area contributed by atoms with E-state index in [9.17, 15) is 133 Å². The van der Waals surface area contributed by atoms with Gasteiger partial charge in [-0.3, -0.25) is 4.79 Å². The molecule has 8 fully saturated rings. The van der Waals surface area contributed by atoms with Crippen molar-refractivity contribution in [1.82, 2.24) is 24.9 Å². The Balaban J connectivity index is 0.000000153. The van der Waals surface area contributed by atoms with Crippen LogP contribution in [0.15, 0.2) is 188 Å². The molecule has 0 unspecified atom stereocenters. The zero-order valence-electron chi connectivity index (χ0n) is 77.8. The maximum Gasteiger partial charge on any atom is 0.416 e. The van der Waals surface area contributed by atoms with Gasteiger partial charge in [0.1, 0.15) is 17.5 Å². The van der Waals surface area contributed by atoms with E-state index in [4.69, 9.17) is 43.6 Å². The third-order valence-electron chi connectivity index (χ3n) is 27.9. The molecule has 0 spiro atoms. The summed E-state index contributed by atoms with van der Waals surface area (Å²) >= 11 is 0. The van der Waals surface area contributed by atoms with Gasteiger partial charge in [-0.15, -0.1) is 0 Å². The number of hydrogen-bond acceptors (Lipinski definition) is 13. The summed E-state index contributed by atoms with van der Waals surface area (Å²) < 4.78 is 409. The van der Waals surface area contributed by atoms with Gasteiger partial charge in [-0.25, -0.2) is 22.8 Å². The standard InChI is InChI=1S/C28H27F6NO3.C25H25F7N2O3.C24H23F7N2O3.C24H24F7NO2/c1-16(18-9-20(27(29,30)31)11-21(10-18)28(32,33)34)38-26-25(17-5-3-2-4-6-17)24-14-35(13-19(24)15-37-26)22-7-8-23(36)12-22;1-13(15-7-17(24(27,28)29)9-18(8-15)25(30,31)32)37-22-21(14-3-5-19(26)6-4-14)20-11-34(23(35)33-2)10-16(20)12-36-22;1-12(14-6-16(23(26,27)28)8-17(7-14)24(29,30)31)36-21-20(13-2-4-18(25)5-3-13)19-10-33(22(32)34)9-15(19)11-35-21;1-13(15-7-17(23(26,27)28)9-18(8-15)24(29,30)31)34-22-21(14-3-5-19(25)6-4-14)20-11-32(2)10-16(20)12-33-22/h2-6,9-12,16,19,24-26H,7-8,13-15H2,1H3;3-9,13,16,20-22H,10-12H2,1-2H3,(H,33,35);2-8,12,15,19-21H,9-11H2,1H3,(H2,32,34);3-9,13,16,20-22H,10-12H2,1-2H3/t16-,19+,24-,25+,26-;13-,16+,20-,21+,22-;12-,15+,19-,20+,21-;13-,16+,20-,21+,22-/m1111/s1. The van der Waals surface area contributed by atoms with E-state index in [0.717, 1.165) is 23.4 Å². The summed E-state index contributed by atoms with van der Waals surface area (Å²) in [6.45, 7) is 10.7. The molecule has 1 aliphatic carbocycles. The number of primary amides is 1. The predicted molar refractivity (Wildman–Crippen MR) is 466 cm³/mol. The highest BCUT2D eigenvalue weighted by molar-refractivity contribution is 5.92. The number of rotatable bonds is 17. The highest BCUT2D eigenvalue weighted by Gasteiger charge is 2.55. The van der Waals surface area contributed by atoms with Crippen molar-refractivity contribution in [3.8, 4) is 0 Å². The summed E-state index contributed by atoms with van der Waals surface area (Å²) in [7, 11) is 3.45. The molecule has 8 aromatic rings. The number of ketones is 1. The third kappa shape index (κ3) is 26.5. The monoisotopic (exact) mass is 2080 g/mol. The summed E-state index contributed by atoms with van der Waals surface area (Å²) in [5, 5.41) is 2.56. The van der Waals surface area contributed by atoms with Crippen molar-refractivity contribution in [2.24, 2.45) is 53.1 Å². The molecule has 4 amide bonds. The number of carbonyl (C=O) groups is 3. The van der Waals surface area contributed by atoms with Crippen molar-refractivity contribution in [3.63, 3.8) is 0 Å². The van der Waals surface area contributed by atoms with Crippen molar-refractivity contribution in [1.29, 1.82) is 0 Å². The lowest BCUT2D eigenvalue weighted by atomic mass is 9.77. The van der Waals surface area contributed by atoms with E-state index >= 15 is 0 Å². The van der Waals surface area contributed by atoms with Gasteiger partial charge in [-0.1, -0.05) is 66.7 Å². The Hall–Kier alpha value is -10.7. The minimum atomic E-state index is -5.00. The molecule has 3 N–H and O–H groups in total. The normalized spacial score (nSPS) is 26.1. The first-order valence-corrected chi connectivity index (χ1v) is 46.0. The summed E-state index contributed by atoms with van der Waals surface area (Å²) in [6.07, 6.45) is -45.5. The number of amides is 4. The number of hydrogen-bond donors (Lipinski definition) is 2. The molecule has 17 rings (SSSR count). The predicted octanol–water partition coefficient (Wildman–Crippen LogP) is 24.7. The average molecular weight is 2090 g/mol. The minimum absolute atomic E-state index is 0.0518. The Kier molecular flexibility index (Phi) is 33.0. The number of nitrogens with zero attached hydrogens (tertiary/aromatic N) is 4. The molecule has 0 saturated carbocycles. The van der Waals surface area contributed by atoms with Gasteiger partial charge in [-0.2, -0.15) is 105 Å². The van der Waals surface area contributed by atoms with Crippen molar-refractivity contribution >= 4 is 17.8 Å². The minimum Gasteiger partial charge on any atom is -0.374 e. The van der Waals surface area contributed by atoms with Crippen molar-refractivity contribution in [3.05, 3.63) is 294 Å². The maximum absolute atomic E-state index is 13.6. The van der Waals surface area contributed by atoms with Crippen LogP contribution in [-0.2, 0) is 92.1 Å². The van der Waals surface area contributed by atoms with E-state index in [1.807, 2.05) is 37.4 Å². The fourth-order valence-corrected chi connectivity index (χ4v) is 20.6. The van der Waals surface area contributed by atoms with E-state index in [-0.39, 0.29) is 137 Å².